The van der Waals surface area contributed by atoms with E-state index in [1.165, 1.54) is 13.3 Å². The van der Waals surface area contributed by atoms with Gasteiger partial charge in [0.1, 0.15) is 0 Å². The zero-order valence-corrected chi connectivity index (χ0v) is 13.1. The molecular weight excluding hydrogens is 365 g/mol. The van der Waals surface area contributed by atoms with Crippen molar-refractivity contribution in [2.45, 2.75) is 0 Å². The minimum absolute atomic E-state index is 1.11. The van der Waals surface area contributed by atoms with Gasteiger partial charge in [0.2, 0.25) is 0 Å². The number of hydrogen-bond donors (Lipinski definition) is 1. The van der Waals surface area contributed by atoms with E-state index < -0.39 is 0 Å². The van der Waals surface area contributed by atoms with Gasteiger partial charge in [-0.3, -0.25) is 0 Å². The van der Waals surface area contributed by atoms with E-state index in [0.29, 0.717) is 0 Å². The molecule has 1 nitrogen and oxygen atoms in total. The molecule has 3 aromatic rings. The summed E-state index contributed by atoms with van der Waals surface area (Å²) in [4.78, 5) is 1.29. The number of para-hydroxylation sites is 2. The van der Waals surface area contributed by atoms with E-state index >= 15 is 0 Å². The Morgan fingerprint density at radius 2 is 1.53 bits per heavy atom. The zero-order chi connectivity index (χ0) is 13.1. The quantitative estimate of drug-likeness (QED) is 0.572. The van der Waals surface area contributed by atoms with Crippen molar-refractivity contribution in [1.29, 1.82) is 0 Å². The van der Waals surface area contributed by atoms with E-state index in [4.69, 9.17) is 0 Å². The molecule has 19 heavy (non-hydrogen) atoms. The van der Waals surface area contributed by atoms with Crippen LogP contribution in [0.3, 0.4) is 0 Å². The molecule has 94 valence electrons. The number of halogens is 1. The first-order valence-electron chi connectivity index (χ1n) is 6.00. The highest BCUT2D eigenvalue weighted by molar-refractivity contribution is 14.1. The van der Waals surface area contributed by atoms with Gasteiger partial charge in [-0.05, 0) is 52.9 Å². The first-order chi connectivity index (χ1) is 9.33. The van der Waals surface area contributed by atoms with E-state index in [-0.39, 0.29) is 0 Å². The maximum absolute atomic E-state index is 3.48. The minimum Gasteiger partial charge on any atom is -0.355 e. The Bertz CT molecular complexity index is 676. The van der Waals surface area contributed by atoms with Crippen molar-refractivity contribution < 1.29 is 0 Å². The normalized spacial score (nSPS) is 10.4. The fourth-order valence-corrected chi connectivity index (χ4v) is 3.60. The van der Waals surface area contributed by atoms with Crippen molar-refractivity contribution in [3.63, 3.8) is 0 Å². The average molecular weight is 377 g/mol. The van der Waals surface area contributed by atoms with Crippen molar-refractivity contribution in [2.75, 3.05) is 5.32 Å². The van der Waals surface area contributed by atoms with Crippen molar-refractivity contribution in [3.05, 3.63) is 69.6 Å². The van der Waals surface area contributed by atoms with Gasteiger partial charge in [0.25, 0.3) is 0 Å². The maximum Gasteiger partial charge on any atom is 0.0660 e. The molecular formula is C16H12INS. The lowest BCUT2D eigenvalue weighted by molar-refractivity contribution is 1.55. The zero-order valence-electron chi connectivity index (χ0n) is 10.1. The SMILES string of the molecule is Ic1ccc(-c2ccccc2Nc2ccccc2)s1. The summed E-state index contributed by atoms with van der Waals surface area (Å²) in [5.74, 6) is 0. The van der Waals surface area contributed by atoms with Crippen LogP contribution in [0.5, 0.6) is 0 Å². The molecule has 0 saturated carbocycles. The number of thiophene rings is 1. The van der Waals surface area contributed by atoms with Gasteiger partial charge in [0.15, 0.2) is 0 Å². The number of rotatable bonds is 3. The molecule has 1 heterocycles. The predicted octanol–water partition coefficient (Wildman–Crippen LogP) is 5.76. The number of nitrogens with one attached hydrogen (secondary N) is 1. The third kappa shape index (κ3) is 2.98. The molecule has 0 saturated heterocycles. The highest BCUT2D eigenvalue weighted by Gasteiger charge is 2.06. The van der Waals surface area contributed by atoms with Crippen LogP contribution in [0.25, 0.3) is 10.4 Å². The van der Waals surface area contributed by atoms with Crippen LogP contribution in [0.15, 0.2) is 66.7 Å². The van der Waals surface area contributed by atoms with Crippen LogP contribution in [0, 0.1) is 2.88 Å². The molecule has 0 spiro atoms. The molecule has 3 heteroatoms. The second-order valence-corrected chi connectivity index (χ2v) is 7.12. The summed E-state index contributed by atoms with van der Waals surface area (Å²) in [7, 11) is 0. The van der Waals surface area contributed by atoms with Crippen molar-refractivity contribution >= 4 is 45.3 Å². The molecule has 3 rings (SSSR count). The van der Waals surface area contributed by atoms with Crippen LogP contribution in [-0.2, 0) is 0 Å². The van der Waals surface area contributed by atoms with Crippen LogP contribution >= 0.6 is 33.9 Å². The molecule has 0 radical (unpaired) electrons. The highest BCUT2D eigenvalue weighted by atomic mass is 127. The Morgan fingerprint density at radius 1 is 0.789 bits per heavy atom. The standard InChI is InChI=1S/C16H12INS/c17-16-11-10-15(19-16)13-8-4-5-9-14(13)18-12-6-2-1-3-7-12/h1-11,18H. The van der Waals surface area contributed by atoms with Crippen LogP contribution in [0.1, 0.15) is 0 Å². The van der Waals surface area contributed by atoms with Gasteiger partial charge < -0.3 is 5.32 Å². The smallest absolute Gasteiger partial charge is 0.0660 e. The van der Waals surface area contributed by atoms with Gasteiger partial charge in [0.05, 0.1) is 2.88 Å². The Kier molecular flexibility index (Phi) is 3.84. The largest absolute Gasteiger partial charge is 0.355 e. The van der Waals surface area contributed by atoms with Gasteiger partial charge in [-0.25, -0.2) is 0 Å². The van der Waals surface area contributed by atoms with E-state index in [1.807, 2.05) is 29.5 Å². The number of hydrogen-bond acceptors (Lipinski definition) is 2. The Morgan fingerprint density at radius 3 is 2.26 bits per heavy atom. The average Bonchev–Trinajstić information content (AvgIpc) is 2.87. The Labute approximate surface area is 130 Å². The Hall–Kier alpha value is -1.33. The fraction of sp³-hybridized carbons (Fsp3) is 0. The monoisotopic (exact) mass is 377 g/mol. The predicted molar refractivity (Wildman–Crippen MR) is 92.2 cm³/mol. The number of anilines is 2. The van der Waals surface area contributed by atoms with Gasteiger partial charge in [-0.15, -0.1) is 11.3 Å². The van der Waals surface area contributed by atoms with Gasteiger partial charge in [-0.1, -0.05) is 36.4 Å². The van der Waals surface area contributed by atoms with Crippen LogP contribution in [-0.4, -0.2) is 0 Å². The van der Waals surface area contributed by atoms with E-state index in [2.05, 4.69) is 76.4 Å². The molecule has 0 aliphatic rings. The minimum atomic E-state index is 1.11. The summed E-state index contributed by atoms with van der Waals surface area (Å²) in [5.41, 5.74) is 3.51. The van der Waals surface area contributed by atoms with Crippen molar-refractivity contribution in [2.24, 2.45) is 0 Å². The summed E-state index contributed by atoms with van der Waals surface area (Å²) in [5, 5.41) is 3.48. The summed E-state index contributed by atoms with van der Waals surface area (Å²) in [6, 6.07) is 23.0. The molecule has 0 bridgehead atoms. The summed E-state index contributed by atoms with van der Waals surface area (Å²) >= 11 is 4.17. The van der Waals surface area contributed by atoms with Gasteiger partial charge in [-0.2, -0.15) is 0 Å². The number of benzene rings is 2. The lowest BCUT2D eigenvalue weighted by Crippen LogP contribution is -1.91. The topological polar surface area (TPSA) is 12.0 Å². The van der Waals surface area contributed by atoms with Crippen LogP contribution < -0.4 is 5.32 Å². The molecule has 1 N–H and O–H groups in total. The van der Waals surface area contributed by atoms with E-state index in [9.17, 15) is 0 Å². The molecule has 0 aliphatic carbocycles. The first-order valence-corrected chi connectivity index (χ1v) is 7.89. The molecule has 0 atom stereocenters. The molecule has 0 unspecified atom stereocenters. The third-order valence-electron chi connectivity index (χ3n) is 2.82. The summed E-state index contributed by atoms with van der Waals surface area (Å²) in [6.07, 6.45) is 0. The van der Waals surface area contributed by atoms with E-state index in [1.54, 1.807) is 0 Å². The lowest BCUT2D eigenvalue weighted by atomic mass is 10.1. The molecule has 2 aromatic carbocycles. The molecule has 0 aliphatic heterocycles. The van der Waals surface area contributed by atoms with E-state index in [0.717, 1.165) is 11.4 Å². The maximum atomic E-state index is 3.48. The molecule has 0 fully saturated rings. The second kappa shape index (κ2) is 5.75. The van der Waals surface area contributed by atoms with Crippen LogP contribution in [0.2, 0.25) is 0 Å². The fourth-order valence-electron chi connectivity index (χ4n) is 1.94. The summed E-state index contributed by atoms with van der Waals surface area (Å²) < 4.78 is 1.31. The summed E-state index contributed by atoms with van der Waals surface area (Å²) in [6.45, 7) is 0. The molecule has 1 aromatic heterocycles. The second-order valence-electron chi connectivity index (χ2n) is 4.14. The van der Waals surface area contributed by atoms with Crippen molar-refractivity contribution in [1.82, 2.24) is 0 Å². The van der Waals surface area contributed by atoms with Gasteiger partial charge >= 0.3 is 0 Å². The van der Waals surface area contributed by atoms with Crippen molar-refractivity contribution in [3.8, 4) is 10.4 Å². The van der Waals surface area contributed by atoms with Crippen LogP contribution in [0.4, 0.5) is 11.4 Å². The lowest BCUT2D eigenvalue weighted by Gasteiger charge is -2.10. The molecule has 0 amide bonds. The van der Waals surface area contributed by atoms with Gasteiger partial charge in [0, 0.05) is 21.8 Å². The Balaban J connectivity index is 1.98. The third-order valence-corrected chi connectivity index (χ3v) is 4.75. The first kappa shape index (κ1) is 12.7. The highest BCUT2D eigenvalue weighted by Crippen LogP contribution is 2.35.